The van der Waals surface area contributed by atoms with Gasteiger partial charge in [0.15, 0.2) is 0 Å². The summed E-state index contributed by atoms with van der Waals surface area (Å²) in [4.78, 5) is 0. The summed E-state index contributed by atoms with van der Waals surface area (Å²) in [7, 11) is 0. The SMILES string of the molecule is N#Cc1ccc(-n2c3ccccc3c3ccccc32)c(-c2ccc3sc4ccc5c6cc(C#N)ccc6sc5c4c3c2)c1. The standard InChI is InChI=1S/C38H19N3S2/c39-20-22-9-13-33(41-31-7-3-1-5-25(31)26-6-2-4-8-32(26)41)28(17-22)24-11-15-35-30(19-24)37-36(42-35)16-12-27-29-18-23(21-40)10-14-34(29)43-38(27)37/h1-19H. The third kappa shape index (κ3) is 3.44. The molecule has 0 bridgehead atoms. The smallest absolute Gasteiger partial charge is 0.0991 e. The van der Waals surface area contributed by atoms with Crippen LogP contribution in [0.1, 0.15) is 11.1 Å². The topological polar surface area (TPSA) is 52.5 Å². The van der Waals surface area contributed by atoms with Crippen molar-refractivity contribution in [3.8, 4) is 29.0 Å². The molecule has 9 aromatic rings. The molecule has 0 aliphatic carbocycles. The predicted molar refractivity (Wildman–Crippen MR) is 181 cm³/mol. The van der Waals surface area contributed by atoms with E-state index >= 15 is 0 Å². The largest absolute Gasteiger partial charge is 0.309 e. The summed E-state index contributed by atoms with van der Waals surface area (Å²) in [5, 5.41) is 26.6. The highest BCUT2D eigenvalue weighted by Gasteiger charge is 2.18. The zero-order valence-electron chi connectivity index (χ0n) is 22.6. The molecular weight excluding hydrogens is 563 g/mol. The average Bonchev–Trinajstić information content (AvgIpc) is 3.73. The number of hydrogen-bond donors (Lipinski definition) is 0. The Balaban J connectivity index is 1.35. The maximum Gasteiger partial charge on any atom is 0.0991 e. The summed E-state index contributed by atoms with van der Waals surface area (Å²) < 4.78 is 7.25. The first-order chi connectivity index (χ1) is 21.2. The Hall–Kier alpha value is -5.46. The molecule has 0 saturated carbocycles. The minimum Gasteiger partial charge on any atom is -0.309 e. The average molecular weight is 582 g/mol. The molecule has 3 nitrogen and oxygen atoms in total. The van der Waals surface area contributed by atoms with E-state index in [1.54, 1.807) is 11.3 Å². The fourth-order valence-electron chi connectivity index (χ4n) is 6.55. The van der Waals surface area contributed by atoms with Crippen LogP contribution in [0.4, 0.5) is 0 Å². The first kappa shape index (κ1) is 24.2. The van der Waals surface area contributed by atoms with Gasteiger partial charge in [-0.25, -0.2) is 0 Å². The maximum atomic E-state index is 9.90. The van der Waals surface area contributed by atoms with Gasteiger partial charge in [-0.2, -0.15) is 10.5 Å². The summed E-state index contributed by atoms with van der Waals surface area (Å²) in [6.07, 6.45) is 0. The van der Waals surface area contributed by atoms with Crippen LogP contribution in [0.15, 0.2) is 115 Å². The lowest BCUT2D eigenvalue weighted by molar-refractivity contribution is 1.18. The van der Waals surface area contributed by atoms with Crippen LogP contribution >= 0.6 is 22.7 Å². The Bertz CT molecular complexity index is 2650. The van der Waals surface area contributed by atoms with Crippen LogP contribution < -0.4 is 0 Å². The van der Waals surface area contributed by atoms with Gasteiger partial charge in [0.1, 0.15) is 0 Å². The molecule has 0 amide bonds. The molecular formula is C38H19N3S2. The molecule has 0 aliphatic heterocycles. The first-order valence-corrected chi connectivity index (χ1v) is 15.6. The quantitative estimate of drug-likeness (QED) is 0.204. The maximum absolute atomic E-state index is 9.90. The molecule has 0 saturated heterocycles. The number of hydrogen-bond acceptors (Lipinski definition) is 4. The van der Waals surface area contributed by atoms with Crippen molar-refractivity contribution in [3.63, 3.8) is 0 Å². The molecule has 3 heterocycles. The van der Waals surface area contributed by atoms with Crippen LogP contribution in [0.25, 0.3) is 79.0 Å². The second-order valence-corrected chi connectivity index (χ2v) is 12.9. The predicted octanol–water partition coefficient (Wildman–Crippen LogP) is 10.9. The number of aromatic nitrogens is 1. The van der Waals surface area contributed by atoms with E-state index in [9.17, 15) is 10.5 Å². The van der Waals surface area contributed by atoms with E-state index in [2.05, 4.69) is 108 Å². The zero-order valence-corrected chi connectivity index (χ0v) is 24.3. The lowest BCUT2D eigenvalue weighted by atomic mass is 9.98. The second kappa shape index (κ2) is 9.02. The van der Waals surface area contributed by atoms with Crippen molar-refractivity contribution >= 4 is 84.8 Å². The van der Waals surface area contributed by atoms with Gasteiger partial charge in [-0.05, 0) is 72.3 Å². The van der Waals surface area contributed by atoms with Crippen molar-refractivity contribution in [2.24, 2.45) is 0 Å². The third-order valence-electron chi connectivity index (χ3n) is 8.46. The van der Waals surface area contributed by atoms with E-state index in [0.717, 1.165) is 33.2 Å². The molecule has 0 spiro atoms. The van der Waals surface area contributed by atoms with Gasteiger partial charge in [-0.15, -0.1) is 22.7 Å². The van der Waals surface area contributed by atoms with Crippen molar-refractivity contribution in [2.45, 2.75) is 0 Å². The fourth-order valence-corrected chi connectivity index (χ4v) is 8.95. The van der Waals surface area contributed by atoms with Crippen LogP contribution in [-0.2, 0) is 0 Å². The summed E-state index contributed by atoms with van der Waals surface area (Å²) in [5.74, 6) is 0. The van der Waals surface area contributed by atoms with Gasteiger partial charge in [0.05, 0.1) is 40.0 Å². The Morgan fingerprint density at radius 2 is 1.16 bits per heavy atom. The van der Waals surface area contributed by atoms with E-state index in [1.807, 2.05) is 35.6 Å². The first-order valence-electron chi connectivity index (χ1n) is 14.0. The third-order valence-corrected chi connectivity index (χ3v) is 10.8. The molecule has 3 aromatic heterocycles. The minimum atomic E-state index is 0.634. The molecule has 0 N–H and O–H groups in total. The number of nitriles is 2. The number of nitrogens with zero attached hydrogens (tertiary/aromatic N) is 3. The molecule has 0 fully saturated rings. The summed E-state index contributed by atoms with van der Waals surface area (Å²) >= 11 is 3.60. The van der Waals surface area contributed by atoms with Gasteiger partial charge in [-0.1, -0.05) is 48.5 Å². The van der Waals surface area contributed by atoms with E-state index in [4.69, 9.17) is 0 Å². The van der Waals surface area contributed by atoms with Gasteiger partial charge in [0, 0.05) is 56.7 Å². The number of para-hydroxylation sites is 2. The Morgan fingerprint density at radius 3 is 1.93 bits per heavy atom. The lowest BCUT2D eigenvalue weighted by Gasteiger charge is -2.15. The summed E-state index contributed by atoms with van der Waals surface area (Å²) in [6, 6.07) is 44.8. The van der Waals surface area contributed by atoms with Crippen LogP contribution in [0, 0.1) is 22.7 Å². The molecule has 6 aromatic carbocycles. The van der Waals surface area contributed by atoms with Gasteiger partial charge in [-0.3, -0.25) is 0 Å². The highest BCUT2D eigenvalue weighted by molar-refractivity contribution is 7.29. The van der Waals surface area contributed by atoms with Crippen molar-refractivity contribution in [3.05, 3.63) is 126 Å². The van der Waals surface area contributed by atoms with Crippen LogP contribution in [0.3, 0.4) is 0 Å². The van der Waals surface area contributed by atoms with E-state index in [-0.39, 0.29) is 0 Å². The van der Waals surface area contributed by atoms with Crippen molar-refractivity contribution < 1.29 is 0 Å². The number of rotatable bonds is 2. The van der Waals surface area contributed by atoms with Gasteiger partial charge >= 0.3 is 0 Å². The van der Waals surface area contributed by atoms with Crippen molar-refractivity contribution in [1.82, 2.24) is 4.57 Å². The van der Waals surface area contributed by atoms with Gasteiger partial charge in [0.25, 0.3) is 0 Å². The minimum absolute atomic E-state index is 0.634. The molecule has 0 atom stereocenters. The fraction of sp³-hybridized carbons (Fsp3) is 0. The summed E-state index contributed by atoms with van der Waals surface area (Å²) in [5.41, 5.74) is 6.74. The van der Waals surface area contributed by atoms with Crippen LogP contribution in [0.5, 0.6) is 0 Å². The Kier molecular flexibility index (Phi) is 5.07. The Labute approximate surface area is 254 Å². The normalized spacial score (nSPS) is 11.7. The molecule has 43 heavy (non-hydrogen) atoms. The van der Waals surface area contributed by atoms with Crippen molar-refractivity contribution in [1.29, 1.82) is 10.5 Å². The van der Waals surface area contributed by atoms with Crippen molar-refractivity contribution in [2.75, 3.05) is 0 Å². The van der Waals surface area contributed by atoms with E-state index in [1.165, 1.54) is 45.7 Å². The summed E-state index contributed by atoms with van der Waals surface area (Å²) in [6.45, 7) is 0. The van der Waals surface area contributed by atoms with E-state index in [0.29, 0.717) is 11.1 Å². The number of fused-ring (bicyclic) bond motifs is 10. The highest BCUT2D eigenvalue weighted by atomic mass is 32.1. The van der Waals surface area contributed by atoms with Gasteiger partial charge in [0.2, 0.25) is 0 Å². The van der Waals surface area contributed by atoms with Crippen LogP contribution in [0.2, 0.25) is 0 Å². The lowest BCUT2D eigenvalue weighted by Crippen LogP contribution is -1.98. The number of thiophene rings is 2. The molecule has 0 radical (unpaired) electrons. The van der Waals surface area contributed by atoms with E-state index < -0.39 is 0 Å². The molecule has 0 aliphatic rings. The Morgan fingerprint density at radius 1 is 0.512 bits per heavy atom. The van der Waals surface area contributed by atoms with Gasteiger partial charge < -0.3 is 4.57 Å². The molecule has 0 unspecified atom stereocenters. The second-order valence-electron chi connectivity index (χ2n) is 10.8. The monoisotopic (exact) mass is 581 g/mol. The number of benzene rings is 6. The van der Waals surface area contributed by atoms with Crippen LogP contribution in [-0.4, -0.2) is 4.57 Å². The zero-order chi connectivity index (χ0) is 28.7. The molecule has 9 rings (SSSR count). The molecule has 198 valence electrons. The molecule has 5 heteroatoms. The highest BCUT2D eigenvalue weighted by Crippen LogP contribution is 2.46.